The second-order valence-corrected chi connectivity index (χ2v) is 7.32. The summed E-state index contributed by atoms with van der Waals surface area (Å²) in [6, 6.07) is 16.8. The quantitative estimate of drug-likeness (QED) is 0.315. The number of carbonyl (C=O) groups excluding carboxylic acids is 1. The van der Waals surface area contributed by atoms with Crippen LogP contribution in [0.25, 0.3) is 0 Å². The molecule has 3 N–H and O–H groups in total. The number of alkyl halides is 3. The molecule has 1 amide bonds. The van der Waals surface area contributed by atoms with Gasteiger partial charge in [-0.15, -0.1) is 0 Å². The molecule has 0 fully saturated rings. The van der Waals surface area contributed by atoms with Crippen LogP contribution in [0.3, 0.4) is 0 Å². The van der Waals surface area contributed by atoms with Crippen LogP contribution in [0.1, 0.15) is 34.5 Å². The van der Waals surface area contributed by atoms with Crippen molar-refractivity contribution >= 4 is 34.6 Å². The third-order valence-electron chi connectivity index (χ3n) is 4.60. The molecule has 3 aromatic carbocycles. The van der Waals surface area contributed by atoms with Crippen LogP contribution in [-0.4, -0.2) is 11.0 Å². The van der Waals surface area contributed by atoms with Crippen molar-refractivity contribution in [2.24, 2.45) is 0 Å². The summed E-state index contributed by atoms with van der Waals surface area (Å²) in [6.07, 6.45) is -4.63. The van der Waals surface area contributed by atoms with Gasteiger partial charge in [0.2, 0.25) is 0 Å². The lowest BCUT2D eigenvalue weighted by molar-refractivity contribution is -0.137. The van der Waals surface area contributed by atoms with Gasteiger partial charge in [0, 0.05) is 16.9 Å². The van der Waals surface area contributed by atoms with Crippen LogP contribution < -0.4 is 16.0 Å². The number of benzene rings is 3. The topological polar surface area (TPSA) is 53.2 Å². The monoisotopic (exact) mass is 461 g/mol. The zero-order valence-corrected chi connectivity index (χ0v) is 17.7. The third kappa shape index (κ3) is 5.82. The lowest BCUT2D eigenvalue weighted by Crippen LogP contribution is -2.31. The largest absolute Gasteiger partial charge is 0.417 e. The predicted molar refractivity (Wildman–Crippen MR) is 120 cm³/mol. The van der Waals surface area contributed by atoms with E-state index in [9.17, 15) is 22.4 Å². The van der Waals surface area contributed by atoms with Crippen LogP contribution in [0.15, 0.2) is 72.8 Å². The summed E-state index contributed by atoms with van der Waals surface area (Å²) in [4.78, 5) is 12.3. The Balaban J connectivity index is 1.61. The van der Waals surface area contributed by atoms with E-state index >= 15 is 0 Å². The van der Waals surface area contributed by atoms with Gasteiger partial charge in [0.25, 0.3) is 5.91 Å². The highest BCUT2D eigenvalue weighted by Crippen LogP contribution is 2.32. The van der Waals surface area contributed by atoms with Gasteiger partial charge in [-0.1, -0.05) is 30.3 Å². The van der Waals surface area contributed by atoms with Crippen molar-refractivity contribution in [3.63, 3.8) is 0 Å². The molecule has 0 saturated heterocycles. The van der Waals surface area contributed by atoms with Crippen molar-refractivity contribution in [3.8, 4) is 0 Å². The summed E-state index contributed by atoms with van der Waals surface area (Å²) in [6.45, 7) is 1.77. The molecule has 0 bridgehead atoms. The van der Waals surface area contributed by atoms with E-state index in [0.717, 1.165) is 12.1 Å². The minimum Gasteiger partial charge on any atom is -0.356 e. The number of hydrogen-bond acceptors (Lipinski definition) is 2. The molecule has 9 heteroatoms. The molecule has 0 aliphatic carbocycles. The van der Waals surface area contributed by atoms with Crippen LogP contribution in [0.5, 0.6) is 0 Å². The van der Waals surface area contributed by atoms with Crippen molar-refractivity contribution in [3.05, 3.63) is 95.3 Å². The molecule has 0 radical (unpaired) electrons. The minimum absolute atomic E-state index is 0.261. The van der Waals surface area contributed by atoms with Gasteiger partial charge < -0.3 is 16.0 Å². The van der Waals surface area contributed by atoms with Crippen LogP contribution in [0.2, 0.25) is 0 Å². The molecule has 4 nitrogen and oxygen atoms in total. The molecule has 0 heterocycles. The van der Waals surface area contributed by atoms with Gasteiger partial charge in [-0.05, 0) is 61.6 Å². The number of hydrogen-bond donors (Lipinski definition) is 3. The number of amides is 1. The van der Waals surface area contributed by atoms with Gasteiger partial charge >= 0.3 is 6.18 Å². The second-order valence-electron chi connectivity index (χ2n) is 6.92. The molecule has 32 heavy (non-hydrogen) atoms. The van der Waals surface area contributed by atoms with Gasteiger partial charge in [-0.25, -0.2) is 4.39 Å². The van der Waals surface area contributed by atoms with Crippen molar-refractivity contribution in [2.75, 3.05) is 10.6 Å². The molecule has 1 unspecified atom stereocenters. The Hall–Kier alpha value is -3.46. The Morgan fingerprint density at radius 2 is 1.44 bits per heavy atom. The Kier molecular flexibility index (Phi) is 7.09. The molecule has 0 aliphatic heterocycles. The summed E-state index contributed by atoms with van der Waals surface area (Å²) in [5.41, 5.74) is -0.104. The molecular formula is C23H19F4N3OS. The summed E-state index contributed by atoms with van der Waals surface area (Å²) in [5.74, 6) is -1.21. The van der Waals surface area contributed by atoms with E-state index in [0.29, 0.717) is 16.9 Å². The van der Waals surface area contributed by atoms with Gasteiger partial charge in [0.1, 0.15) is 5.82 Å². The molecule has 0 spiro atoms. The number of rotatable bonds is 5. The van der Waals surface area contributed by atoms with Crippen molar-refractivity contribution in [1.82, 2.24) is 5.32 Å². The zero-order chi connectivity index (χ0) is 23.3. The maximum atomic E-state index is 13.9. The first-order valence-electron chi connectivity index (χ1n) is 9.54. The Morgan fingerprint density at radius 1 is 0.875 bits per heavy atom. The first-order chi connectivity index (χ1) is 15.1. The lowest BCUT2D eigenvalue weighted by atomic mass is 10.1. The average Bonchev–Trinajstić information content (AvgIpc) is 2.74. The highest BCUT2D eigenvalue weighted by molar-refractivity contribution is 7.80. The van der Waals surface area contributed by atoms with E-state index in [2.05, 4.69) is 16.0 Å². The zero-order valence-electron chi connectivity index (χ0n) is 16.8. The highest BCUT2D eigenvalue weighted by atomic mass is 32.1. The van der Waals surface area contributed by atoms with Gasteiger partial charge in [0.15, 0.2) is 5.11 Å². The fraction of sp³-hybridized carbons (Fsp3) is 0.130. The van der Waals surface area contributed by atoms with Crippen LogP contribution in [-0.2, 0) is 6.18 Å². The Labute approximate surface area is 187 Å². The smallest absolute Gasteiger partial charge is 0.356 e. The van der Waals surface area contributed by atoms with Gasteiger partial charge in [-0.3, -0.25) is 4.79 Å². The van der Waals surface area contributed by atoms with Crippen LogP contribution in [0.4, 0.5) is 28.9 Å². The second kappa shape index (κ2) is 9.78. The predicted octanol–water partition coefficient (Wildman–Crippen LogP) is 6.14. The Morgan fingerprint density at radius 3 is 2.06 bits per heavy atom. The molecule has 0 aromatic heterocycles. The molecule has 166 valence electrons. The maximum absolute atomic E-state index is 13.9. The fourth-order valence-electron chi connectivity index (χ4n) is 3.03. The van der Waals surface area contributed by atoms with Crippen LogP contribution in [0, 0.1) is 5.82 Å². The Bertz CT molecular complexity index is 1120. The normalized spacial score (nSPS) is 12.0. The number of thiocarbonyl (C=S) groups is 1. The SMILES string of the molecule is CC(NC(=S)Nc1ccc(NC(=O)c2ccccc2C(F)(F)F)cc1)c1ccccc1F. The number of anilines is 2. The van der Waals surface area contributed by atoms with E-state index in [1.54, 1.807) is 37.3 Å². The molecular weight excluding hydrogens is 442 g/mol. The van der Waals surface area contributed by atoms with Crippen molar-refractivity contribution < 1.29 is 22.4 Å². The molecule has 1 atom stereocenters. The molecule has 0 aliphatic rings. The molecule has 3 aromatic rings. The van der Waals surface area contributed by atoms with Gasteiger partial charge in [-0.2, -0.15) is 13.2 Å². The maximum Gasteiger partial charge on any atom is 0.417 e. The number of halogens is 4. The number of carbonyl (C=O) groups is 1. The summed E-state index contributed by atoms with van der Waals surface area (Å²) in [7, 11) is 0. The summed E-state index contributed by atoms with van der Waals surface area (Å²) >= 11 is 5.25. The van der Waals surface area contributed by atoms with E-state index in [-0.39, 0.29) is 17.0 Å². The minimum atomic E-state index is -4.63. The average molecular weight is 461 g/mol. The van der Waals surface area contributed by atoms with Crippen LogP contribution >= 0.6 is 12.2 Å². The van der Waals surface area contributed by atoms with Crippen molar-refractivity contribution in [2.45, 2.75) is 19.1 Å². The number of nitrogens with one attached hydrogen (secondary N) is 3. The van der Waals surface area contributed by atoms with E-state index < -0.39 is 23.2 Å². The first-order valence-corrected chi connectivity index (χ1v) is 9.95. The lowest BCUT2D eigenvalue weighted by Gasteiger charge is -2.18. The first kappa shape index (κ1) is 23.2. The fourth-order valence-corrected chi connectivity index (χ4v) is 3.33. The standard InChI is InChI=1S/C23H19F4N3OS/c1-14(17-6-3-5-9-20(17)24)28-22(32)30-16-12-10-15(11-13-16)29-21(31)18-7-2-4-8-19(18)23(25,26)27/h2-14H,1H3,(H,29,31)(H2,28,30,32). The highest BCUT2D eigenvalue weighted by Gasteiger charge is 2.34. The summed E-state index contributed by atoms with van der Waals surface area (Å²) < 4.78 is 53.2. The van der Waals surface area contributed by atoms with E-state index in [1.165, 1.54) is 30.3 Å². The molecule has 0 saturated carbocycles. The summed E-state index contributed by atoms with van der Waals surface area (Å²) in [5, 5.41) is 8.63. The van der Waals surface area contributed by atoms with Gasteiger partial charge in [0.05, 0.1) is 17.2 Å². The van der Waals surface area contributed by atoms with Crippen molar-refractivity contribution in [1.29, 1.82) is 0 Å². The molecule has 3 rings (SSSR count). The van der Waals surface area contributed by atoms with E-state index in [4.69, 9.17) is 12.2 Å². The third-order valence-corrected chi connectivity index (χ3v) is 4.82. The van der Waals surface area contributed by atoms with E-state index in [1.807, 2.05) is 0 Å².